The van der Waals surface area contributed by atoms with Gasteiger partial charge in [0.15, 0.2) is 0 Å². The lowest BCUT2D eigenvalue weighted by Gasteiger charge is -2.27. The molecule has 0 radical (unpaired) electrons. The lowest BCUT2D eigenvalue weighted by atomic mass is 10.3. The molecule has 0 unspecified atom stereocenters. The van der Waals surface area contributed by atoms with Crippen LogP contribution in [0.4, 0.5) is 10.1 Å². The standard InChI is InChI=1S/C12H18FN3O2S/c1-15(12-5-3-11(13)4-6-12)19(17,18)16-9-2-7-14-8-10-16/h3-6,14H,2,7-10H2,1H3. The topological polar surface area (TPSA) is 52.7 Å². The first kappa shape index (κ1) is 14.2. The highest BCUT2D eigenvalue weighted by atomic mass is 32.2. The Hall–Kier alpha value is -1.18. The van der Waals surface area contributed by atoms with E-state index in [0.29, 0.717) is 25.3 Å². The quantitative estimate of drug-likeness (QED) is 0.895. The predicted molar refractivity (Wildman–Crippen MR) is 72.8 cm³/mol. The minimum Gasteiger partial charge on any atom is -0.315 e. The molecule has 2 rings (SSSR count). The third-order valence-corrected chi connectivity index (χ3v) is 5.08. The largest absolute Gasteiger partial charge is 0.315 e. The molecule has 19 heavy (non-hydrogen) atoms. The molecule has 0 aliphatic carbocycles. The summed E-state index contributed by atoms with van der Waals surface area (Å²) in [6.07, 6.45) is 0.788. The second-order valence-corrected chi connectivity index (χ2v) is 6.41. The molecule has 1 aliphatic rings. The van der Waals surface area contributed by atoms with E-state index in [1.165, 1.54) is 39.9 Å². The van der Waals surface area contributed by atoms with E-state index in [4.69, 9.17) is 0 Å². The molecule has 106 valence electrons. The summed E-state index contributed by atoms with van der Waals surface area (Å²) in [6.45, 7) is 2.43. The molecule has 0 saturated carbocycles. The Labute approximate surface area is 113 Å². The highest BCUT2D eigenvalue weighted by Gasteiger charge is 2.27. The van der Waals surface area contributed by atoms with Crippen LogP contribution in [-0.4, -0.2) is 45.9 Å². The van der Waals surface area contributed by atoms with Gasteiger partial charge in [0.05, 0.1) is 5.69 Å². The molecule has 7 heteroatoms. The van der Waals surface area contributed by atoms with Crippen molar-refractivity contribution >= 4 is 15.9 Å². The molecule has 1 heterocycles. The molecule has 1 fully saturated rings. The molecule has 1 saturated heterocycles. The third kappa shape index (κ3) is 3.23. The Morgan fingerprint density at radius 2 is 1.89 bits per heavy atom. The number of halogens is 1. The molecule has 0 aromatic heterocycles. The van der Waals surface area contributed by atoms with Gasteiger partial charge < -0.3 is 5.32 Å². The summed E-state index contributed by atoms with van der Waals surface area (Å²) < 4.78 is 40.4. The first-order valence-electron chi connectivity index (χ1n) is 6.22. The fourth-order valence-electron chi connectivity index (χ4n) is 2.01. The summed E-state index contributed by atoms with van der Waals surface area (Å²) in [7, 11) is -2.06. The Morgan fingerprint density at radius 1 is 1.21 bits per heavy atom. The molecule has 0 atom stereocenters. The fraction of sp³-hybridized carbons (Fsp3) is 0.500. The minimum absolute atomic E-state index is 0.381. The first-order chi connectivity index (χ1) is 9.01. The number of nitrogens with one attached hydrogen (secondary N) is 1. The molecule has 0 spiro atoms. The predicted octanol–water partition coefficient (Wildman–Crippen LogP) is 0.802. The van der Waals surface area contributed by atoms with E-state index in [9.17, 15) is 12.8 Å². The molecular weight excluding hydrogens is 269 g/mol. The molecule has 0 bridgehead atoms. The first-order valence-corrected chi connectivity index (χ1v) is 7.62. The van der Waals surface area contributed by atoms with E-state index < -0.39 is 10.2 Å². The lowest BCUT2D eigenvalue weighted by molar-refractivity contribution is 0.431. The Morgan fingerprint density at radius 3 is 2.58 bits per heavy atom. The second kappa shape index (κ2) is 5.85. The van der Waals surface area contributed by atoms with Crippen molar-refractivity contribution in [2.45, 2.75) is 6.42 Å². The van der Waals surface area contributed by atoms with Crippen molar-refractivity contribution in [3.63, 3.8) is 0 Å². The van der Waals surface area contributed by atoms with Crippen LogP contribution in [0.15, 0.2) is 24.3 Å². The van der Waals surface area contributed by atoms with Crippen molar-refractivity contribution in [3.8, 4) is 0 Å². The molecule has 1 aromatic carbocycles. The van der Waals surface area contributed by atoms with Crippen LogP contribution in [0, 0.1) is 5.82 Å². The molecule has 1 N–H and O–H groups in total. The van der Waals surface area contributed by atoms with Crippen molar-refractivity contribution < 1.29 is 12.8 Å². The Balaban J connectivity index is 2.20. The zero-order valence-corrected chi connectivity index (χ0v) is 11.7. The summed E-state index contributed by atoms with van der Waals surface area (Å²) in [5.41, 5.74) is 0.457. The highest BCUT2D eigenvalue weighted by Crippen LogP contribution is 2.19. The van der Waals surface area contributed by atoms with Crippen LogP contribution >= 0.6 is 0 Å². The fourth-order valence-corrected chi connectivity index (χ4v) is 3.43. The highest BCUT2D eigenvalue weighted by molar-refractivity contribution is 7.90. The monoisotopic (exact) mass is 287 g/mol. The van der Waals surface area contributed by atoms with E-state index in [0.717, 1.165) is 13.0 Å². The van der Waals surface area contributed by atoms with Gasteiger partial charge in [0, 0.05) is 26.7 Å². The number of benzene rings is 1. The zero-order chi connectivity index (χ0) is 13.9. The van der Waals surface area contributed by atoms with Gasteiger partial charge in [-0.1, -0.05) is 0 Å². The van der Waals surface area contributed by atoms with Crippen LogP contribution in [0.2, 0.25) is 0 Å². The molecule has 0 amide bonds. The van der Waals surface area contributed by atoms with Gasteiger partial charge in [0.1, 0.15) is 5.82 Å². The Kier molecular flexibility index (Phi) is 4.38. The summed E-state index contributed by atoms with van der Waals surface area (Å²) in [4.78, 5) is 0. The summed E-state index contributed by atoms with van der Waals surface area (Å²) in [5, 5.41) is 3.16. The van der Waals surface area contributed by atoms with Gasteiger partial charge in [-0.05, 0) is 37.2 Å². The van der Waals surface area contributed by atoms with Gasteiger partial charge >= 0.3 is 10.2 Å². The molecule has 5 nitrogen and oxygen atoms in total. The number of anilines is 1. The zero-order valence-electron chi connectivity index (χ0n) is 10.8. The van der Waals surface area contributed by atoms with Gasteiger partial charge in [-0.15, -0.1) is 0 Å². The smallest absolute Gasteiger partial charge is 0.303 e. The number of hydrogen-bond acceptors (Lipinski definition) is 3. The van der Waals surface area contributed by atoms with Gasteiger partial charge in [0.2, 0.25) is 0 Å². The van der Waals surface area contributed by atoms with Gasteiger partial charge in [-0.25, -0.2) is 4.39 Å². The van der Waals surface area contributed by atoms with Crippen molar-refractivity contribution in [2.75, 3.05) is 37.5 Å². The number of hydrogen-bond donors (Lipinski definition) is 1. The second-order valence-electron chi connectivity index (χ2n) is 4.45. The van der Waals surface area contributed by atoms with Gasteiger partial charge in [-0.3, -0.25) is 4.31 Å². The van der Waals surface area contributed by atoms with Crippen LogP contribution < -0.4 is 9.62 Å². The SMILES string of the molecule is CN(c1ccc(F)cc1)S(=O)(=O)N1CCCNCC1. The minimum atomic E-state index is -3.55. The van der Waals surface area contributed by atoms with Gasteiger partial charge in [0.25, 0.3) is 0 Å². The van der Waals surface area contributed by atoms with Crippen LogP contribution in [-0.2, 0) is 10.2 Å². The van der Waals surface area contributed by atoms with E-state index >= 15 is 0 Å². The van der Waals surface area contributed by atoms with E-state index in [1.807, 2.05) is 0 Å². The Bertz CT molecular complexity index is 510. The normalized spacial score (nSPS) is 18.0. The van der Waals surface area contributed by atoms with E-state index in [-0.39, 0.29) is 5.82 Å². The summed E-state index contributed by atoms with van der Waals surface area (Å²) in [6, 6.07) is 5.43. The summed E-state index contributed by atoms with van der Waals surface area (Å²) in [5.74, 6) is -0.381. The van der Waals surface area contributed by atoms with Crippen LogP contribution in [0.25, 0.3) is 0 Å². The van der Waals surface area contributed by atoms with Crippen molar-refractivity contribution in [2.24, 2.45) is 0 Å². The summed E-state index contributed by atoms with van der Waals surface area (Å²) >= 11 is 0. The third-order valence-electron chi connectivity index (χ3n) is 3.16. The van der Waals surface area contributed by atoms with Crippen molar-refractivity contribution in [1.82, 2.24) is 9.62 Å². The van der Waals surface area contributed by atoms with E-state index in [2.05, 4.69) is 5.32 Å². The maximum atomic E-state index is 12.9. The van der Waals surface area contributed by atoms with Crippen LogP contribution in [0.1, 0.15) is 6.42 Å². The average molecular weight is 287 g/mol. The molecular formula is C12H18FN3O2S. The maximum Gasteiger partial charge on any atom is 0.303 e. The van der Waals surface area contributed by atoms with Crippen molar-refractivity contribution in [3.05, 3.63) is 30.1 Å². The van der Waals surface area contributed by atoms with Gasteiger partial charge in [-0.2, -0.15) is 12.7 Å². The molecule has 1 aromatic rings. The van der Waals surface area contributed by atoms with Crippen LogP contribution in [0.3, 0.4) is 0 Å². The maximum absolute atomic E-state index is 12.9. The number of nitrogens with zero attached hydrogens (tertiary/aromatic N) is 2. The molecule has 1 aliphatic heterocycles. The number of rotatable bonds is 3. The lowest BCUT2D eigenvalue weighted by Crippen LogP contribution is -2.43. The van der Waals surface area contributed by atoms with Crippen molar-refractivity contribution in [1.29, 1.82) is 0 Å². The average Bonchev–Trinajstić information content (AvgIpc) is 2.68. The van der Waals surface area contributed by atoms with Crippen LogP contribution in [0.5, 0.6) is 0 Å². The van der Waals surface area contributed by atoms with E-state index in [1.54, 1.807) is 0 Å².